The predicted molar refractivity (Wildman–Crippen MR) is 66.2 cm³/mol. The van der Waals surface area contributed by atoms with Crippen molar-refractivity contribution in [3.8, 4) is 0 Å². The Morgan fingerprint density at radius 1 is 1.56 bits per heavy atom. The van der Waals surface area contributed by atoms with Crippen LogP contribution in [0.15, 0.2) is 12.4 Å². The molecule has 0 amide bonds. The maximum atomic E-state index is 6.47. The van der Waals surface area contributed by atoms with Crippen LogP contribution in [0.1, 0.15) is 45.1 Å². The smallest absolute Gasteiger partial charge is 0.0522 e. The highest BCUT2D eigenvalue weighted by Gasteiger charge is 2.34. The summed E-state index contributed by atoms with van der Waals surface area (Å²) in [5.74, 6) is 0.839. The van der Waals surface area contributed by atoms with Gasteiger partial charge in [-0.25, -0.2) is 0 Å². The topological polar surface area (TPSA) is 43.8 Å². The van der Waals surface area contributed by atoms with E-state index >= 15 is 0 Å². The van der Waals surface area contributed by atoms with Crippen molar-refractivity contribution in [3.05, 3.63) is 18.0 Å². The minimum atomic E-state index is 0.0300. The quantitative estimate of drug-likeness (QED) is 0.848. The highest BCUT2D eigenvalue weighted by molar-refractivity contribution is 5.11. The SMILES string of the molecule is CCC1CCC(N)(Cc2cnn(CC)c2)C1. The zero-order chi connectivity index (χ0) is 11.6. The number of nitrogens with two attached hydrogens (primary N) is 1. The van der Waals surface area contributed by atoms with Crippen LogP contribution in [0.4, 0.5) is 0 Å². The molecule has 1 aromatic rings. The van der Waals surface area contributed by atoms with Gasteiger partial charge in [0.2, 0.25) is 0 Å². The van der Waals surface area contributed by atoms with Crippen molar-refractivity contribution in [1.29, 1.82) is 0 Å². The molecule has 90 valence electrons. The third-order valence-electron chi connectivity index (χ3n) is 3.89. The minimum absolute atomic E-state index is 0.0300. The number of aromatic nitrogens is 2. The summed E-state index contributed by atoms with van der Waals surface area (Å²) in [6, 6.07) is 0. The molecule has 0 bridgehead atoms. The average Bonchev–Trinajstić information content (AvgIpc) is 2.85. The maximum absolute atomic E-state index is 6.47. The lowest BCUT2D eigenvalue weighted by atomic mass is 9.90. The molecule has 2 N–H and O–H groups in total. The lowest BCUT2D eigenvalue weighted by Crippen LogP contribution is -2.39. The largest absolute Gasteiger partial charge is 0.325 e. The van der Waals surface area contributed by atoms with E-state index in [1.165, 1.54) is 31.2 Å². The van der Waals surface area contributed by atoms with Gasteiger partial charge in [0.1, 0.15) is 0 Å². The molecule has 1 fully saturated rings. The van der Waals surface area contributed by atoms with Crippen molar-refractivity contribution >= 4 is 0 Å². The van der Waals surface area contributed by atoms with Gasteiger partial charge < -0.3 is 5.73 Å². The first-order valence-electron chi connectivity index (χ1n) is 6.45. The Balaban J connectivity index is 1.98. The first-order valence-corrected chi connectivity index (χ1v) is 6.45. The van der Waals surface area contributed by atoms with Crippen molar-refractivity contribution in [2.24, 2.45) is 11.7 Å². The van der Waals surface area contributed by atoms with E-state index in [0.717, 1.165) is 18.9 Å². The summed E-state index contributed by atoms with van der Waals surface area (Å²) in [4.78, 5) is 0. The molecular formula is C13H23N3. The van der Waals surface area contributed by atoms with Crippen molar-refractivity contribution in [1.82, 2.24) is 9.78 Å². The van der Waals surface area contributed by atoms with Gasteiger partial charge in [0, 0.05) is 18.3 Å². The molecule has 0 saturated heterocycles. The Morgan fingerprint density at radius 2 is 2.38 bits per heavy atom. The molecule has 1 saturated carbocycles. The van der Waals surface area contributed by atoms with Crippen LogP contribution in [0, 0.1) is 5.92 Å². The van der Waals surface area contributed by atoms with Crippen molar-refractivity contribution in [2.75, 3.05) is 0 Å². The second kappa shape index (κ2) is 4.58. The van der Waals surface area contributed by atoms with E-state index in [1.54, 1.807) is 0 Å². The Labute approximate surface area is 98.0 Å². The highest BCUT2D eigenvalue weighted by atomic mass is 15.3. The fourth-order valence-corrected chi connectivity index (χ4v) is 2.86. The summed E-state index contributed by atoms with van der Waals surface area (Å²) in [5, 5.41) is 4.31. The molecular weight excluding hydrogens is 198 g/mol. The third-order valence-corrected chi connectivity index (χ3v) is 3.89. The fraction of sp³-hybridized carbons (Fsp3) is 0.769. The molecule has 2 atom stereocenters. The van der Waals surface area contributed by atoms with E-state index in [9.17, 15) is 0 Å². The predicted octanol–water partition coefficient (Wildman–Crippen LogP) is 2.35. The monoisotopic (exact) mass is 221 g/mol. The normalized spacial score (nSPS) is 29.8. The molecule has 0 spiro atoms. The molecule has 2 unspecified atom stereocenters. The van der Waals surface area contributed by atoms with E-state index in [2.05, 4.69) is 25.1 Å². The van der Waals surface area contributed by atoms with E-state index in [0.29, 0.717) is 0 Å². The van der Waals surface area contributed by atoms with Crippen LogP contribution in [0.2, 0.25) is 0 Å². The van der Waals surface area contributed by atoms with Crippen LogP contribution in [0.3, 0.4) is 0 Å². The first-order chi connectivity index (χ1) is 7.65. The van der Waals surface area contributed by atoms with Crippen molar-refractivity contribution < 1.29 is 0 Å². The number of nitrogens with zero attached hydrogens (tertiary/aromatic N) is 2. The van der Waals surface area contributed by atoms with Gasteiger partial charge in [0.25, 0.3) is 0 Å². The van der Waals surface area contributed by atoms with Crippen LogP contribution in [0.25, 0.3) is 0 Å². The van der Waals surface area contributed by atoms with Gasteiger partial charge in [-0.1, -0.05) is 13.3 Å². The summed E-state index contributed by atoms with van der Waals surface area (Å²) < 4.78 is 1.98. The number of aryl methyl sites for hydroxylation is 1. The van der Waals surface area contributed by atoms with Gasteiger partial charge in [-0.3, -0.25) is 4.68 Å². The summed E-state index contributed by atoms with van der Waals surface area (Å²) in [6.07, 6.45) is 10.0. The Morgan fingerprint density at radius 3 is 2.94 bits per heavy atom. The maximum Gasteiger partial charge on any atom is 0.0522 e. The van der Waals surface area contributed by atoms with Crippen LogP contribution >= 0.6 is 0 Å². The van der Waals surface area contributed by atoms with Crippen molar-refractivity contribution in [3.63, 3.8) is 0 Å². The molecule has 1 aliphatic carbocycles. The number of rotatable bonds is 4. The van der Waals surface area contributed by atoms with Crippen LogP contribution in [-0.2, 0) is 13.0 Å². The van der Waals surface area contributed by atoms with Gasteiger partial charge in [0.15, 0.2) is 0 Å². The molecule has 3 heteroatoms. The molecule has 3 nitrogen and oxygen atoms in total. The number of hydrogen-bond donors (Lipinski definition) is 1. The summed E-state index contributed by atoms with van der Waals surface area (Å²) in [5.41, 5.74) is 7.79. The molecule has 0 aromatic carbocycles. The second-order valence-electron chi connectivity index (χ2n) is 5.26. The zero-order valence-electron chi connectivity index (χ0n) is 10.4. The Kier molecular flexibility index (Phi) is 3.33. The molecule has 1 aromatic heterocycles. The van der Waals surface area contributed by atoms with E-state index in [4.69, 9.17) is 5.73 Å². The molecule has 1 heterocycles. The van der Waals surface area contributed by atoms with Crippen LogP contribution < -0.4 is 5.73 Å². The van der Waals surface area contributed by atoms with Gasteiger partial charge in [-0.15, -0.1) is 0 Å². The standard InChI is InChI=1S/C13H23N3/c1-3-11-5-6-13(14,7-11)8-12-9-15-16(4-2)10-12/h9-11H,3-8,14H2,1-2H3. The van der Waals surface area contributed by atoms with Gasteiger partial charge in [-0.2, -0.15) is 5.10 Å². The summed E-state index contributed by atoms with van der Waals surface area (Å²) >= 11 is 0. The lowest BCUT2D eigenvalue weighted by molar-refractivity contribution is 0.406. The van der Waals surface area contributed by atoms with Crippen LogP contribution in [0.5, 0.6) is 0 Å². The van der Waals surface area contributed by atoms with Gasteiger partial charge >= 0.3 is 0 Å². The average molecular weight is 221 g/mol. The lowest BCUT2D eigenvalue weighted by Gasteiger charge is -2.23. The third kappa shape index (κ3) is 2.46. The Bertz CT molecular complexity index is 345. The van der Waals surface area contributed by atoms with Crippen molar-refractivity contribution in [2.45, 2.75) is 58.0 Å². The highest BCUT2D eigenvalue weighted by Crippen LogP contribution is 2.36. The Hall–Kier alpha value is -0.830. The minimum Gasteiger partial charge on any atom is -0.325 e. The summed E-state index contributed by atoms with van der Waals surface area (Å²) in [7, 11) is 0. The van der Waals surface area contributed by atoms with Gasteiger partial charge in [-0.05, 0) is 44.1 Å². The zero-order valence-corrected chi connectivity index (χ0v) is 10.4. The number of hydrogen-bond acceptors (Lipinski definition) is 2. The fourth-order valence-electron chi connectivity index (χ4n) is 2.86. The second-order valence-corrected chi connectivity index (χ2v) is 5.26. The van der Waals surface area contributed by atoms with E-state index in [1.807, 2.05) is 10.9 Å². The van der Waals surface area contributed by atoms with Gasteiger partial charge in [0.05, 0.1) is 6.20 Å². The molecule has 2 rings (SSSR count). The summed E-state index contributed by atoms with van der Waals surface area (Å²) in [6.45, 7) is 5.32. The molecule has 0 aliphatic heterocycles. The molecule has 1 aliphatic rings. The van der Waals surface area contributed by atoms with E-state index < -0.39 is 0 Å². The molecule has 16 heavy (non-hydrogen) atoms. The molecule has 0 radical (unpaired) electrons. The van der Waals surface area contributed by atoms with Crippen LogP contribution in [-0.4, -0.2) is 15.3 Å². The first kappa shape index (κ1) is 11.6. The van der Waals surface area contributed by atoms with E-state index in [-0.39, 0.29) is 5.54 Å².